The van der Waals surface area contributed by atoms with Crippen LogP contribution in [0.2, 0.25) is 15.1 Å². The van der Waals surface area contributed by atoms with Gasteiger partial charge in [-0.05, 0) is 47.9 Å². The molecule has 0 fully saturated rings. The molecule has 0 aliphatic heterocycles. The number of urea groups is 1. The number of benzene rings is 2. The number of hydrogen-bond donors (Lipinski definition) is 2. The zero-order valence-electron chi connectivity index (χ0n) is 15.3. The Morgan fingerprint density at radius 3 is 2.28 bits per heavy atom. The quantitative estimate of drug-likeness (QED) is 0.482. The molecule has 2 aromatic carbocycles. The number of carbonyl (C=O) groups excluding carboxylic acids is 1. The van der Waals surface area contributed by atoms with Gasteiger partial charge in [-0.3, -0.25) is 0 Å². The van der Waals surface area contributed by atoms with E-state index in [9.17, 15) is 18.0 Å². The summed E-state index contributed by atoms with van der Waals surface area (Å²) in [5.41, 5.74) is 1.07. The Bertz CT molecular complexity index is 881. The normalized spacial score (nSPS) is 12.8. The van der Waals surface area contributed by atoms with Crippen LogP contribution in [-0.4, -0.2) is 18.8 Å². The molecule has 0 aliphatic rings. The topological polar surface area (TPSA) is 41.1 Å². The van der Waals surface area contributed by atoms with Crippen molar-refractivity contribution >= 4 is 46.9 Å². The molecule has 29 heavy (non-hydrogen) atoms. The second-order valence-electron chi connectivity index (χ2n) is 6.15. The average molecular weight is 466 g/mol. The number of hydrogen-bond acceptors (Lipinski definition) is 1. The molecule has 2 amide bonds. The molecule has 0 radical (unpaired) electrons. The molecule has 0 aliphatic carbocycles. The summed E-state index contributed by atoms with van der Waals surface area (Å²) in [5, 5.41) is 5.81. The van der Waals surface area contributed by atoms with Crippen LogP contribution in [0.15, 0.2) is 42.5 Å². The van der Waals surface area contributed by atoms with Crippen molar-refractivity contribution in [3.05, 3.63) is 74.2 Å². The second kappa shape index (κ2) is 10.2. The summed E-state index contributed by atoms with van der Waals surface area (Å²) in [7, 11) is 0. The SMILES string of the molecule is CCNC(=O)NCc1ccc(C=CC(c2cc(Cl)cc(Cl)c2)C(F)(F)F)cc1Cl. The van der Waals surface area contributed by atoms with Crippen molar-refractivity contribution in [3.63, 3.8) is 0 Å². The predicted molar refractivity (Wildman–Crippen MR) is 112 cm³/mol. The van der Waals surface area contributed by atoms with Crippen molar-refractivity contribution in [2.45, 2.75) is 25.6 Å². The summed E-state index contributed by atoms with van der Waals surface area (Å²) in [6.07, 6.45) is -2.16. The highest BCUT2D eigenvalue weighted by molar-refractivity contribution is 6.34. The standard InChI is InChI=1S/C20H18Cl3F3N2O/c1-2-27-19(29)28-11-13-5-3-12(7-18(13)23)4-6-17(20(24,25)26)14-8-15(21)10-16(22)9-14/h3-10,17H,2,11H2,1H3,(H2,27,28,29). The van der Waals surface area contributed by atoms with Crippen molar-refractivity contribution in [2.75, 3.05) is 6.54 Å². The van der Waals surface area contributed by atoms with Gasteiger partial charge in [0.15, 0.2) is 0 Å². The Balaban J connectivity index is 2.21. The number of halogens is 6. The maximum absolute atomic E-state index is 13.5. The molecule has 9 heteroatoms. The second-order valence-corrected chi connectivity index (χ2v) is 7.43. The van der Waals surface area contributed by atoms with E-state index in [1.807, 2.05) is 0 Å². The maximum Gasteiger partial charge on any atom is 0.399 e. The van der Waals surface area contributed by atoms with Gasteiger partial charge in [0, 0.05) is 28.2 Å². The van der Waals surface area contributed by atoms with Gasteiger partial charge < -0.3 is 10.6 Å². The fourth-order valence-corrected chi connectivity index (χ4v) is 3.38. The first-order valence-corrected chi connectivity index (χ1v) is 9.74. The number of nitrogens with one attached hydrogen (secondary N) is 2. The summed E-state index contributed by atoms with van der Waals surface area (Å²) in [4.78, 5) is 11.4. The highest BCUT2D eigenvalue weighted by Gasteiger charge is 2.39. The first-order chi connectivity index (χ1) is 13.6. The summed E-state index contributed by atoms with van der Waals surface area (Å²) in [6, 6.07) is 8.31. The lowest BCUT2D eigenvalue weighted by atomic mass is 9.97. The van der Waals surface area contributed by atoms with Crippen LogP contribution in [0, 0.1) is 0 Å². The predicted octanol–water partition coefficient (Wildman–Crippen LogP) is 6.83. The van der Waals surface area contributed by atoms with Gasteiger partial charge in [-0.15, -0.1) is 0 Å². The Kier molecular flexibility index (Phi) is 8.25. The minimum atomic E-state index is -4.52. The monoisotopic (exact) mass is 464 g/mol. The molecule has 0 bridgehead atoms. The highest BCUT2D eigenvalue weighted by atomic mass is 35.5. The zero-order chi connectivity index (χ0) is 21.6. The molecular formula is C20H18Cl3F3N2O. The molecule has 0 aromatic heterocycles. The fraction of sp³-hybridized carbons (Fsp3) is 0.250. The molecule has 0 spiro atoms. The van der Waals surface area contributed by atoms with Crippen LogP contribution < -0.4 is 10.6 Å². The Labute approximate surface area is 181 Å². The summed E-state index contributed by atoms with van der Waals surface area (Å²) < 4.78 is 40.6. The number of allylic oxidation sites excluding steroid dienone is 1. The van der Waals surface area contributed by atoms with Crippen molar-refractivity contribution in [1.82, 2.24) is 10.6 Å². The molecule has 1 atom stereocenters. The fourth-order valence-electron chi connectivity index (χ4n) is 2.58. The third-order valence-electron chi connectivity index (χ3n) is 3.93. The van der Waals surface area contributed by atoms with Crippen LogP contribution in [0.3, 0.4) is 0 Å². The van der Waals surface area contributed by atoms with E-state index in [1.165, 1.54) is 30.3 Å². The smallest absolute Gasteiger partial charge is 0.338 e. The van der Waals surface area contributed by atoms with Crippen molar-refractivity contribution in [2.24, 2.45) is 0 Å². The maximum atomic E-state index is 13.5. The Morgan fingerprint density at radius 2 is 1.72 bits per heavy atom. The molecule has 2 rings (SSSR count). The van der Waals surface area contributed by atoms with E-state index in [-0.39, 0.29) is 28.2 Å². The van der Waals surface area contributed by atoms with Gasteiger partial charge in [-0.2, -0.15) is 13.2 Å². The largest absolute Gasteiger partial charge is 0.399 e. The van der Waals surface area contributed by atoms with Crippen molar-refractivity contribution in [1.29, 1.82) is 0 Å². The van der Waals surface area contributed by atoms with Gasteiger partial charge in [0.1, 0.15) is 0 Å². The molecule has 0 heterocycles. The average Bonchev–Trinajstić information content (AvgIpc) is 2.59. The van der Waals surface area contributed by atoms with E-state index in [0.717, 1.165) is 6.08 Å². The van der Waals surface area contributed by atoms with Gasteiger partial charge in [0.25, 0.3) is 0 Å². The van der Waals surface area contributed by atoms with E-state index in [4.69, 9.17) is 34.8 Å². The van der Waals surface area contributed by atoms with Crippen molar-refractivity contribution < 1.29 is 18.0 Å². The Morgan fingerprint density at radius 1 is 1.07 bits per heavy atom. The molecule has 0 saturated carbocycles. The number of amides is 2. The van der Waals surface area contributed by atoms with Gasteiger partial charge in [0.05, 0.1) is 5.92 Å². The van der Waals surface area contributed by atoms with Gasteiger partial charge in [0.2, 0.25) is 0 Å². The van der Waals surface area contributed by atoms with Crippen LogP contribution in [-0.2, 0) is 6.54 Å². The van der Waals surface area contributed by atoms with E-state index < -0.39 is 12.1 Å². The Hall–Kier alpha value is -1.89. The van der Waals surface area contributed by atoms with Crippen LogP contribution in [0.5, 0.6) is 0 Å². The molecular weight excluding hydrogens is 448 g/mol. The van der Waals surface area contributed by atoms with Gasteiger partial charge in [-0.1, -0.05) is 59.1 Å². The number of carbonyl (C=O) groups is 1. The van der Waals surface area contributed by atoms with Gasteiger partial charge in [-0.25, -0.2) is 4.79 Å². The van der Waals surface area contributed by atoms with Gasteiger partial charge >= 0.3 is 12.2 Å². The number of alkyl halides is 3. The molecule has 2 aromatic rings. The summed E-state index contributed by atoms with van der Waals surface area (Å²) >= 11 is 17.9. The lowest BCUT2D eigenvalue weighted by Gasteiger charge is -2.18. The molecule has 0 saturated heterocycles. The zero-order valence-corrected chi connectivity index (χ0v) is 17.6. The third-order valence-corrected chi connectivity index (χ3v) is 4.72. The first-order valence-electron chi connectivity index (χ1n) is 8.61. The highest BCUT2D eigenvalue weighted by Crippen LogP contribution is 2.38. The van der Waals surface area contributed by atoms with E-state index in [1.54, 1.807) is 19.1 Å². The summed E-state index contributed by atoms with van der Waals surface area (Å²) in [6.45, 7) is 2.47. The summed E-state index contributed by atoms with van der Waals surface area (Å²) in [5.74, 6) is -1.88. The van der Waals surface area contributed by atoms with Crippen LogP contribution in [0.4, 0.5) is 18.0 Å². The van der Waals surface area contributed by atoms with Crippen LogP contribution >= 0.6 is 34.8 Å². The lowest BCUT2D eigenvalue weighted by Crippen LogP contribution is -2.34. The molecule has 3 nitrogen and oxygen atoms in total. The molecule has 156 valence electrons. The molecule has 2 N–H and O–H groups in total. The first kappa shape index (κ1) is 23.4. The minimum absolute atomic E-state index is 0.0555. The minimum Gasteiger partial charge on any atom is -0.338 e. The van der Waals surface area contributed by atoms with Crippen molar-refractivity contribution in [3.8, 4) is 0 Å². The third kappa shape index (κ3) is 7.14. The van der Waals surface area contributed by atoms with Crippen LogP contribution in [0.1, 0.15) is 29.5 Å². The van der Waals surface area contributed by atoms with Crippen LogP contribution in [0.25, 0.3) is 6.08 Å². The van der Waals surface area contributed by atoms with E-state index in [2.05, 4.69) is 10.6 Å². The lowest BCUT2D eigenvalue weighted by molar-refractivity contribution is -0.139. The number of rotatable bonds is 6. The van der Waals surface area contributed by atoms with E-state index in [0.29, 0.717) is 22.7 Å². The molecule has 1 unspecified atom stereocenters. The van der Waals surface area contributed by atoms with E-state index >= 15 is 0 Å².